The third-order valence-electron chi connectivity index (χ3n) is 5.42. The van der Waals surface area contributed by atoms with E-state index >= 15 is 0 Å². The van der Waals surface area contributed by atoms with Gasteiger partial charge in [0.05, 0.1) is 0 Å². The molecule has 31 heavy (non-hydrogen) atoms. The topological polar surface area (TPSA) is 64.6 Å². The van der Waals surface area contributed by atoms with Crippen molar-refractivity contribution < 1.29 is 19.1 Å². The number of amides is 1. The molecule has 1 amide bonds. The van der Waals surface area contributed by atoms with Crippen molar-refractivity contribution in [3.05, 3.63) is 58.6 Å². The first kappa shape index (κ1) is 23.4. The molecule has 2 aromatic carbocycles. The van der Waals surface area contributed by atoms with Gasteiger partial charge in [-0.3, -0.25) is 9.59 Å². The summed E-state index contributed by atoms with van der Waals surface area (Å²) in [6.45, 7) is 1.80. The average molecular weight is 464 g/mol. The predicted octanol–water partition coefficient (Wildman–Crippen LogP) is 5.47. The molecule has 0 aromatic heterocycles. The molecule has 7 heteroatoms. The van der Waals surface area contributed by atoms with Gasteiger partial charge in [0.1, 0.15) is 18.1 Å². The minimum atomic E-state index is -0.592. The molecule has 166 valence electrons. The molecule has 1 aliphatic rings. The van der Waals surface area contributed by atoms with Crippen LogP contribution in [0.1, 0.15) is 39.0 Å². The fourth-order valence-corrected chi connectivity index (χ4v) is 3.93. The monoisotopic (exact) mass is 463 g/mol. The van der Waals surface area contributed by atoms with Crippen LogP contribution < -0.4 is 14.8 Å². The van der Waals surface area contributed by atoms with Gasteiger partial charge in [-0.25, -0.2) is 0 Å². The number of carbonyl (C=O) groups excluding carboxylic acids is 2. The van der Waals surface area contributed by atoms with E-state index in [1.54, 1.807) is 55.5 Å². The lowest BCUT2D eigenvalue weighted by molar-refractivity contribution is -0.128. The largest absolute Gasteiger partial charge is 0.486 e. The summed E-state index contributed by atoms with van der Waals surface area (Å²) in [5, 5.41) is 4.32. The molecule has 1 saturated carbocycles. The highest BCUT2D eigenvalue weighted by atomic mass is 35.5. The second-order valence-electron chi connectivity index (χ2n) is 7.93. The lowest BCUT2D eigenvalue weighted by Crippen LogP contribution is -2.44. The maximum Gasteiger partial charge on any atom is 0.260 e. The van der Waals surface area contributed by atoms with Gasteiger partial charge < -0.3 is 14.8 Å². The van der Waals surface area contributed by atoms with Crippen LogP contribution in [0.2, 0.25) is 10.0 Å². The SMILES string of the molecule is CC(Oc1ccc(Cl)cc1)C(=O)NC1CCC(CC(=O)COc2ccc(Cl)cc2)CC1. The van der Waals surface area contributed by atoms with Crippen molar-refractivity contribution >= 4 is 34.9 Å². The molecule has 1 N–H and O–H groups in total. The highest BCUT2D eigenvalue weighted by molar-refractivity contribution is 6.30. The lowest BCUT2D eigenvalue weighted by atomic mass is 9.83. The standard InChI is InChI=1S/C24H27Cl2NO4/c1-16(31-23-12-6-19(26)7-13-23)24(29)27-20-8-2-17(3-9-20)14-21(28)15-30-22-10-4-18(25)5-11-22/h4-7,10-13,16-17,20H,2-3,8-9,14-15H2,1H3,(H,27,29). The maximum absolute atomic E-state index is 12.4. The zero-order chi connectivity index (χ0) is 22.2. The fraction of sp³-hybridized carbons (Fsp3) is 0.417. The number of hydrogen-bond donors (Lipinski definition) is 1. The summed E-state index contributed by atoms with van der Waals surface area (Å²) < 4.78 is 11.2. The molecule has 1 unspecified atom stereocenters. The summed E-state index contributed by atoms with van der Waals surface area (Å²) in [4.78, 5) is 24.7. The minimum Gasteiger partial charge on any atom is -0.486 e. The number of hydrogen-bond acceptors (Lipinski definition) is 4. The van der Waals surface area contributed by atoms with Crippen LogP contribution in [0.5, 0.6) is 11.5 Å². The van der Waals surface area contributed by atoms with Crippen molar-refractivity contribution in [1.29, 1.82) is 0 Å². The molecule has 1 fully saturated rings. The summed E-state index contributed by atoms with van der Waals surface area (Å²) in [6.07, 6.45) is 3.44. The summed E-state index contributed by atoms with van der Waals surface area (Å²) >= 11 is 11.7. The van der Waals surface area contributed by atoms with E-state index in [2.05, 4.69) is 5.32 Å². The Balaban J connectivity index is 1.34. The van der Waals surface area contributed by atoms with E-state index in [4.69, 9.17) is 32.7 Å². The van der Waals surface area contributed by atoms with Crippen molar-refractivity contribution in [2.24, 2.45) is 5.92 Å². The summed E-state index contributed by atoms with van der Waals surface area (Å²) in [7, 11) is 0. The van der Waals surface area contributed by atoms with Crippen molar-refractivity contribution in [1.82, 2.24) is 5.32 Å². The van der Waals surface area contributed by atoms with Gasteiger partial charge in [-0.2, -0.15) is 0 Å². The Morgan fingerprint density at radius 1 is 0.935 bits per heavy atom. The number of Topliss-reactive ketones (excluding diaryl/α,β-unsaturated/α-hetero) is 1. The highest BCUT2D eigenvalue weighted by Crippen LogP contribution is 2.27. The van der Waals surface area contributed by atoms with Gasteiger partial charge in [0.15, 0.2) is 11.9 Å². The first-order chi connectivity index (χ1) is 14.9. The second-order valence-corrected chi connectivity index (χ2v) is 8.80. The van der Waals surface area contributed by atoms with Crippen LogP contribution >= 0.6 is 23.2 Å². The molecule has 0 bridgehead atoms. The van der Waals surface area contributed by atoms with E-state index in [0.29, 0.717) is 33.9 Å². The van der Waals surface area contributed by atoms with Gasteiger partial charge in [-0.1, -0.05) is 23.2 Å². The minimum absolute atomic E-state index is 0.0673. The van der Waals surface area contributed by atoms with E-state index in [1.165, 1.54) is 0 Å². The number of ketones is 1. The Morgan fingerprint density at radius 2 is 1.48 bits per heavy atom. The van der Waals surface area contributed by atoms with Crippen LogP contribution in [-0.4, -0.2) is 30.4 Å². The van der Waals surface area contributed by atoms with Gasteiger partial charge in [0.2, 0.25) is 0 Å². The predicted molar refractivity (Wildman–Crippen MR) is 122 cm³/mol. The number of rotatable bonds is 9. The molecule has 1 atom stereocenters. The van der Waals surface area contributed by atoms with Crippen molar-refractivity contribution in [3.8, 4) is 11.5 Å². The van der Waals surface area contributed by atoms with Crippen LogP contribution in [0.25, 0.3) is 0 Å². The molecule has 1 aliphatic carbocycles. The van der Waals surface area contributed by atoms with Crippen LogP contribution in [0.3, 0.4) is 0 Å². The summed E-state index contributed by atoms with van der Waals surface area (Å²) in [5.41, 5.74) is 0. The molecule has 2 aromatic rings. The number of benzene rings is 2. The Labute approximate surface area is 193 Å². The van der Waals surface area contributed by atoms with E-state index in [9.17, 15) is 9.59 Å². The van der Waals surface area contributed by atoms with Crippen LogP contribution in [0.4, 0.5) is 0 Å². The number of halogens is 2. The van der Waals surface area contributed by atoms with Crippen molar-refractivity contribution in [2.75, 3.05) is 6.61 Å². The van der Waals surface area contributed by atoms with Gasteiger partial charge in [0.25, 0.3) is 5.91 Å². The Morgan fingerprint density at radius 3 is 2.06 bits per heavy atom. The van der Waals surface area contributed by atoms with Gasteiger partial charge in [-0.15, -0.1) is 0 Å². The maximum atomic E-state index is 12.4. The van der Waals surface area contributed by atoms with Crippen LogP contribution in [-0.2, 0) is 9.59 Å². The molecule has 3 rings (SSSR count). The van der Waals surface area contributed by atoms with E-state index in [1.807, 2.05) is 0 Å². The third-order valence-corrected chi connectivity index (χ3v) is 5.92. The lowest BCUT2D eigenvalue weighted by Gasteiger charge is -2.29. The van der Waals surface area contributed by atoms with Crippen LogP contribution in [0.15, 0.2) is 48.5 Å². The van der Waals surface area contributed by atoms with Gasteiger partial charge in [-0.05, 0) is 87.1 Å². The van der Waals surface area contributed by atoms with Crippen molar-refractivity contribution in [3.63, 3.8) is 0 Å². The molecule has 0 aliphatic heterocycles. The quantitative estimate of drug-likeness (QED) is 0.534. The Kier molecular flexibility index (Phi) is 8.61. The van der Waals surface area contributed by atoms with Crippen molar-refractivity contribution in [2.45, 2.75) is 51.2 Å². The molecule has 5 nitrogen and oxygen atoms in total. The van der Waals surface area contributed by atoms with E-state index in [-0.39, 0.29) is 24.3 Å². The summed E-state index contributed by atoms with van der Waals surface area (Å²) in [6, 6.07) is 14.0. The third kappa shape index (κ3) is 7.75. The molecule has 0 heterocycles. The Bertz CT molecular complexity index is 862. The first-order valence-corrected chi connectivity index (χ1v) is 11.3. The van der Waals surface area contributed by atoms with Crippen LogP contribution in [0, 0.1) is 5.92 Å². The second kappa shape index (κ2) is 11.4. The molecule has 0 saturated heterocycles. The molecule has 0 spiro atoms. The fourth-order valence-electron chi connectivity index (χ4n) is 3.68. The normalized spacial score (nSPS) is 19.3. The smallest absolute Gasteiger partial charge is 0.260 e. The average Bonchev–Trinajstić information content (AvgIpc) is 2.76. The summed E-state index contributed by atoms with van der Waals surface area (Å²) in [5.74, 6) is 1.53. The molecular formula is C24H27Cl2NO4. The molecular weight excluding hydrogens is 437 g/mol. The Hall–Kier alpha value is -2.24. The number of ether oxygens (including phenoxy) is 2. The van der Waals surface area contributed by atoms with E-state index < -0.39 is 6.10 Å². The first-order valence-electron chi connectivity index (χ1n) is 10.5. The zero-order valence-electron chi connectivity index (χ0n) is 17.5. The number of carbonyl (C=O) groups is 2. The highest BCUT2D eigenvalue weighted by Gasteiger charge is 2.26. The zero-order valence-corrected chi connectivity index (χ0v) is 19.0. The number of nitrogens with one attached hydrogen (secondary N) is 1. The van der Waals surface area contributed by atoms with Gasteiger partial charge >= 0.3 is 0 Å². The van der Waals surface area contributed by atoms with E-state index in [0.717, 1.165) is 25.7 Å². The van der Waals surface area contributed by atoms with Gasteiger partial charge in [0, 0.05) is 22.5 Å². The molecule has 0 radical (unpaired) electrons.